The molecular weight excluding hydrogens is 536 g/mol. The Morgan fingerprint density at radius 1 is 0.914 bits per heavy atom. The van der Waals surface area contributed by atoms with E-state index in [4.69, 9.17) is 16.7 Å². The molecule has 0 fully saturated rings. The van der Waals surface area contributed by atoms with Gasteiger partial charge in [0.2, 0.25) is 0 Å². The number of rotatable bonds is 8. The van der Waals surface area contributed by atoms with Crippen molar-refractivity contribution in [3.8, 4) is 0 Å². The third-order valence-electron chi connectivity index (χ3n) is 4.31. The Morgan fingerprint density at radius 2 is 1.51 bits per heavy atom. The Kier molecular flexibility index (Phi) is 8.01. The average Bonchev–Trinajstić information content (AvgIpc) is 3.15. The quantitative estimate of drug-likeness (QED) is 0.254. The zero-order valence-corrected chi connectivity index (χ0v) is 20.7. The number of carboxylic acids is 1. The van der Waals surface area contributed by atoms with Gasteiger partial charge < -0.3 is 5.11 Å². The molecule has 4 aromatic rings. The number of pyridine rings is 1. The van der Waals surface area contributed by atoms with Crippen LogP contribution in [0.25, 0.3) is 0 Å². The van der Waals surface area contributed by atoms with Crippen LogP contribution in [0.5, 0.6) is 0 Å². The zero-order valence-electron chi connectivity index (χ0n) is 17.5. The summed E-state index contributed by atoms with van der Waals surface area (Å²) in [5, 5.41) is 12.2. The van der Waals surface area contributed by atoms with Crippen LogP contribution < -0.4 is 5.32 Å². The number of carbonyl (C=O) groups is 2. The number of carbonyl (C=O) groups excluding carboxylic acids is 1. The number of benzene rings is 2. The molecule has 0 aliphatic rings. The fraction of sp³-hybridized carbons (Fsp3) is 0.0435. The van der Waals surface area contributed by atoms with Gasteiger partial charge in [0.15, 0.2) is 5.13 Å². The highest BCUT2D eigenvalue weighted by Crippen LogP contribution is 2.34. The van der Waals surface area contributed by atoms with Crippen LogP contribution in [0.2, 0.25) is 4.34 Å². The standard InChI is InChI=1S/C23H14ClF2N3O3S3/c24-21-16(11-19(30)31)27-23(35-21)29-22(32)20-17(33-14-5-1-12(25)2-6-14)9-10-18(28-20)34-15-7-3-13(26)4-8-15/h1-10H,11H2,(H,30,31)(H,27,29,32). The van der Waals surface area contributed by atoms with Crippen LogP contribution >= 0.6 is 46.5 Å². The topological polar surface area (TPSA) is 92.2 Å². The molecule has 0 atom stereocenters. The molecule has 0 saturated heterocycles. The molecule has 12 heteroatoms. The molecule has 0 saturated carbocycles. The Morgan fingerprint density at radius 3 is 2.11 bits per heavy atom. The van der Waals surface area contributed by atoms with Crippen molar-refractivity contribution in [1.82, 2.24) is 9.97 Å². The van der Waals surface area contributed by atoms with Gasteiger partial charge >= 0.3 is 5.97 Å². The number of anilines is 1. The highest BCUT2D eigenvalue weighted by Gasteiger charge is 2.20. The van der Waals surface area contributed by atoms with Gasteiger partial charge in [0.1, 0.15) is 26.7 Å². The van der Waals surface area contributed by atoms with Gasteiger partial charge in [0.25, 0.3) is 5.91 Å². The maximum atomic E-state index is 13.3. The van der Waals surface area contributed by atoms with Crippen LogP contribution in [0.4, 0.5) is 13.9 Å². The van der Waals surface area contributed by atoms with Crippen molar-refractivity contribution in [2.24, 2.45) is 0 Å². The first-order valence-corrected chi connectivity index (χ1v) is 12.7. The first-order valence-electron chi connectivity index (χ1n) is 9.83. The second-order valence-corrected chi connectivity index (χ2v) is 10.7. The van der Waals surface area contributed by atoms with Crippen molar-refractivity contribution in [2.45, 2.75) is 26.1 Å². The van der Waals surface area contributed by atoms with E-state index >= 15 is 0 Å². The van der Waals surface area contributed by atoms with Crippen LogP contribution in [0.15, 0.2) is 80.4 Å². The molecule has 2 aromatic heterocycles. The van der Waals surface area contributed by atoms with E-state index in [-0.39, 0.29) is 38.9 Å². The second-order valence-electron chi connectivity index (χ2n) is 6.87. The van der Waals surface area contributed by atoms with Gasteiger partial charge in [-0.2, -0.15) is 0 Å². The number of aliphatic carboxylic acids is 1. The van der Waals surface area contributed by atoms with E-state index in [9.17, 15) is 18.4 Å². The molecule has 0 radical (unpaired) electrons. The third kappa shape index (κ3) is 6.79. The van der Waals surface area contributed by atoms with E-state index < -0.39 is 11.9 Å². The fourth-order valence-electron chi connectivity index (χ4n) is 2.78. The smallest absolute Gasteiger partial charge is 0.309 e. The van der Waals surface area contributed by atoms with E-state index in [2.05, 4.69) is 15.3 Å². The minimum Gasteiger partial charge on any atom is -0.481 e. The van der Waals surface area contributed by atoms with Gasteiger partial charge in [-0.25, -0.2) is 18.7 Å². The highest BCUT2D eigenvalue weighted by molar-refractivity contribution is 7.99. The van der Waals surface area contributed by atoms with Crippen molar-refractivity contribution in [2.75, 3.05) is 5.32 Å². The molecule has 4 rings (SSSR count). The highest BCUT2D eigenvalue weighted by atomic mass is 35.5. The summed E-state index contributed by atoms with van der Waals surface area (Å²) >= 11 is 9.47. The lowest BCUT2D eigenvalue weighted by Gasteiger charge is -2.10. The number of amides is 1. The van der Waals surface area contributed by atoms with Gasteiger partial charge in [-0.05, 0) is 60.7 Å². The molecule has 6 nitrogen and oxygen atoms in total. The van der Waals surface area contributed by atoms with Crippen LogP contribution in [0, 0.1) is 11.6 Å². The lowest BCUT2D eigenvalue weighted by molar-refractivity contribution is -0.136. The molecule has 0 bridgehead atoms. The summed E-state index contributed by atoms with van der Waals surface area (Å²) < 4.78 is 26.7. The molecule has 0 spiro atoms. The first-order chi connectivity index (χ1) is 16.8. The molecule has 1 amide bonds. The summed E-state index contributed by atoms with van der Waals surface area (Å²) in [6.07, 6.45) is -0.376. The number of hydrogen-bond acceptors (Lipinski definition) is 7. The van der Waals surface area contributed by atoms with Crippen LogP contribution in [-0.2, 0) is 11.2 Å². The summed E-state index contributed by atoms with van der Waals surface area (Å²) in [5.41, 5.74) is 0.228. The number of thiazole rings is 1. The average molecular weight is 550 g/mol. The monoisotopic (exact) mass is 549 g/mol. The number of halogens is 3. The molecule has 2 N–H and O–H groups in total. The molecule has 2 aromatic carbocycles. The number of hydrogen-bond donors (Lipinski definition) is 2. The van der Waals surface area contributed by atoms with Gasteiger partial charge in [-0.15, -0.1) is 0 Å². The van der Waals surface area contributed by atoms with Gasteiger partial charge in [-0.1, -0.05) is 46.5 Å². The SMILES string of the molecule is O=C(O)Cc1nc(NC(=O)c2nc(Sc3ccc(F)cc3)ccc2Sc2ccc(F)cc2)sc1Cl. The molecule has 0 aliphatic carbocycles. The van der Waals surface area contributed by atoms with E-state index in [0.29, 0.717) is 14.8 Å². The molecular formula is C23H14ClF2N3O3S3. The summed E-state index contributed by atoms with van der Waals surface area (Å²) in [7, 11) is 0. The van der Waals surface area contributed by atoms with E-state index in [1.165, 1.54) is 47.8 Å². The van der Waals surface area contributed by atoms with E-state index in [0.717, 1.165) is 16.2 Å². The Hall–Kier alpha value is -2.99. The normalized spacial score (nSPS) is 10.8. The first kappa shape index (κ1) is 25.1. The van der Waals surface area contributed by atoms with E-state index in [1.54, 1.807) is 36.4 Å². The minimum atomic E-state index is -1.10. The molecule has 35 heavy (non-hydrogen) atoms. The number of aromatic nitrogens is 2. The van der Waals surface area contributed by atoms with Crippen molar-refractivity contribution >= 4 is 63.5 Å². The fourth-order valence-corrected chi connectivity index (χ4v) is 5.50. The van der Waals surface area contributed by atoms with Crippen LogP contribution in [0.3, 0.4) is 0 Å². The minimum absolute atomic E-state index is 0.0811. The molecule has 0 aliphatic heterocycles. The molecule has 2 heterocycles. The lowest BCUT2D eigenvalue weighted by Crippen LogP contribution is -2.15. The van der Waals surface area contributed by atoms with Crippen LogP contribution in [-0.4, -0.2) is 27.0 Å². The number of carboxylic acid groups (broad SMARTS) is 1. The van der Waals surface area contributed by atoms with Gasteiger partial charge in [0, 0.05) is 14.7 Å². The van der Waals surface area contributed by atoms with E-state index in [1.807, 2.05) is 0 Å². The summed E-state index contributed by atoms with van der Waals surface area (Å²) in [4.78, 5) is 34.7. The van der Waals surface area contributed by atoms with Crippen LogP contribution in [0.1, 0.15) is 16.2 Å². The summed E-state index contributed by atoms with van der Waals surface area (Å²) in [6, 6.07) is 15.1. The Bertz CT molecular complexity index is 1380. The summed E-state index contributed by atoms with van der Waals surface area (Å²) in [5.74, 6) is -2.42. The lowest BCUT2D eigenvalue weighted by atomic mass is 10.3. The van der Waals surface area contributed by atoms with Crippen molar-refractivity contribution in [3.63, 3.8) is 0 Å². The van der Waals surface area contributed by atoms with Crippen molar-refractivity contribution < 1.29 is 23.5 Å². The maximum Gasteiger partial charge on any atom is 0.309 e. The maximum absolute atomic E-state index is 13.3. The summed E-state index contributed by atoms with van der Waals surface area (Å²) in [6.45, 7) is 0. The second kappa shape index (κ2) is 11.2. The largest absolute Gasteiger partial charge is 0.481 e. The van der Waals surface area contributed by atoms with Crippen molar-refractivity contribution in [1.29, 1.82) is 0 Å². The Labute approximate surface area is 215 Å². The third-order valence-corrected chi connectivity index (χ3v) is 7.57. The van der Waals surface area contributed by atoms with Crippen molar-refractivity contribution in [3.05, 3.63) is 88.0 Å². The molecule has 178 valence electrons. The zero-order chi connectivity index (χ0) is 24.9. The van der Waals surface area contributed by atoms with Gasteiger partial charge in [-0.3, -0.25) is 14.9 Å². The number of nitrogens with one attached hydrogen (secondary N) is 1. The van der Waals surface area contributed by atoms with Gasteiger partial charge in [0.05, 0.1) is 12.1 Å². The number of nitrogens with zero attached hydrogens (tertiary/aromatic N) is 2. The molecule has 0 unspecified atom stereocenters. The Balaban J connectivity index is 1.63. The predicted molar refractivity (Wildman–Crippen MR) is 132 cm³/mol. The predicted octanol–water partition coefficient (Wildman–Crippen LogP) is 6.65.